The number of aromatic amines is 1. The average molecular weight is 274 g/mol. The molecule has 1 aliphatic carbocycles. The second kappa shape index (κ2) is 5.31. The predicted molar refractivity (Wildman–Crippen MR) is 78.6 cm³/mol. The number of thiophene rings is 1. The Balaban J connectivity index is 1.82. The molecule has 2 N–H and O–H groups in total. The number of fused-ring (bicyclic) bond motifs is 1. The third kappa shape index (κ3) is 2.65. The van der Waals surface area contributed by atoms with Crippen LogP contribution in [-0.4, -0.2) is 4.98 Å². The lowest BCUT2D eigenvalue weighted by atomic mass is 9.91. The number of aryl methyl sites for hydroxylation is 1. The lowest BCUT2D eigenvalue weighted by molar-refractivity contribution is 0.414. The lowest BCUT2D eigenvalue weighted by Crippen LogP contribution is -2.29. The van der Waals surface area contributed by atoms with Crippen molar-refractivity contribution >= 4 is 11.3 Å². The zero-order chi connectivity index (χ0) is 13.2. The standard InChI is InChI=1S/C15H18N2OS/c1-10(14-6-3-9-19-14)16-12-4-2-5-13-11(12)7-8-15(18)17-13/h3,6-10,12,16H,2,4-5H2,1H3,(H,17,18). The van der Waals surface area contributed by atoms with E-state index in [0.717, 1.165) is 25.0 Å². The van der Waals surface area contributed by atoms with E-state index < -0.39 is 0 Å². The summed E-state index contributed by atoms with van der Waals surface area (Å²) in [4.78, 5) is 15.7. The summed E-state index contributed by atoms with van der Waals surface area (Å²) in [6.45, 7) is 2.20. The Bertz CT molecular complexity index is 603. The van der Waals surface area contributed by atoms with Gasteiger partial charge in [0, 0.05) is 28.7 Å². The van der Waals surface area contributed by atoms with Gasteiger partial charge in [-0.1, -0.05) is 12.1 Å². The second-order valence-corrected chi connectivity index (χ2v) is 6.08. The van der Waals surface area contributed by atoms with Crippen LogP contribution in [0.3, 0.4) is 0 Å². The molecule has 0 amide bonds. The molecule has 2 aromatic rings. The highest BCUT2D eigenvalue weighted by Crippen LogP contribution is 2.30. The van der Waals surface area contributed by atoms with Gasteiger partial charge in [0.05, 0.1) is 0 Å². The topological polar surface area (TPSA) is 44.9 Å². The largest absolute Gasteiger partial charge is 0.326 e. The van der Waals surface area contributed by atoms with E-state index in [9.17, 15) is 4.79 Å². The van der Waals surface area contributed by atoms with Gasteiger partial charge in [-0.25, -0.2) is 0 Å². The molecule has 2 atom stereocenters. The Kier molecular flexibility index (Phi) is 3.53. The predicted octanol–water partition coefficient (Wildman–Crippen LogP) is 3.16. The number of nitrogens with one attached hydrogen (secondary N) is 2. The molecule has 0 fully saturated rings. The molecule has 0 aliphatic heterocycles. The van der Waals surface area contributed by atoms with Gasteiger partial charge in [-0.15, -0.1) is 11.3 Å². The van der Waals surface area contributed by atoms with Crippen molar-refractivity contribution in [2.75, 3.05) is 0 Å². The molecule has 0 bridgehead atoms. The van der Waals surface area contributed by atoms with E-state index in [2.05, 4.69) is 34.7 Å². The van der Waals surface area contributed by atoms with Gasteiger partial charge in [0.25, 0.3) is 0 Å². The highest BCUT2D eigenvalue weighted by atomic mass is 32.1. The number of H-pyrrole nitrogens is 1. The van der Waals surface area contributed by atoms with Gasteiger partial charge in [0.1, 0.15) is 0 Å². The first-order valence-corrected chi connectivity index (χ1v) is 7.63. The smallest absolute Gasteiger partial charge is 0.248 e. The molecule has 4 heteroatoms. The van der Waals surface area contributed by atoms with Crippen molar-refractivity contribution < 1.29 is 0 Å². The molecule has 2 aromatic heterocycles. The summed E-state index contributed by atoms with van der Waals surface area (Å²) >= 11 is 1.78. The number of hydrogen-bond acceptors (Lipinski definition) is 3. The highest BCUT2D eigenvalue weighted by molar-refractivity contribution is 7.10. The number of rotatable bonds is 3. The van der Waals surface area contributed by atoms with E-state index >= 15 is 0 Å². The van der Waals surface area contributed by atoms with Crippen LogP contribution < -0.4 is 10.9 Å². The van der Waals surface area contributed by atoms with Crippen LogP contribution >= 0.6 is 11.3 Å². The molecular weight excluding hydrogens is 256 g/mol. The Morgan fingerprint density at radius 1 is 1.42 bits per heavy atom. The quantitative estimate of drug-likeness (QED) is 0.903. The van der Waals surface area contributed by atoms with Crippen LogP contribution in [0.25, 0.3) is 0 Å². The van der Waals surface area contributed by atoms with Crippen LogP contribution in [0.1, 0.15) is 48.0 Å². The lowest BCUT2D eigenvalue weighted by Gasteiger charge is -2.28. The first-order chi connectivity index (χ1) is 9.24. The van der Waals surface area contributed by atoms with Crippen LogP contribution in [0.15, 0.2) is 34.4 Å². The zero-order valence-electron chi connectivity index (χ0n) is 11.0. The molecule has 2 unspecified atom stereocenters. The van der Waals surface area contributed by atoms with E-state index in [4.69, 9.17) is 0 Å². The first-order valence-electron chi connectivity index (χ1n) is 6.75. The van der Waals surface area contributed by atoms with Crippen LogP contribution in [-0.2, 0) is 6.42 Å². The number of hydrogen-bond donors (Lipinski definition) is 2. The van der Waals surface area contributed by atoms with Crippen molar-refractivity contribution in [1.82, 2.24) is 10.3 Å². The maximum Gasteiger partial charge on any atom is 0.248 e. The fourth-order valence-electron chi connectivity index (χ4n) is 2.80. The van der Waals surface area contributed by atoms with Crippen LogP contribution in [0.5, 0.6) is 0 Å². The highest BCUT2D eigenvalue weighted by Gasteiger charge is 2.22. The van der Waals surface area contributed by atoms with Crippen LogP contribution in [0, 0.1) is 0 Å². The van der Waals surface area contributed by atoms with E-state index in [1.807, 2.05) is 6.07 Å². The Morgan fingerprint density at radius 2 is 2.32 bits per heavy atom. The van der Waals surface area contributed by atoms with Crippen molar-refractivity contribution in [2.45, 2.75) is 38.3 Å². The maximum absolute atomic E-state index is 11.4. The Morgan fingerprint density at radius 3 is 3.11 bits per heavy atom. The second-order valence-electron chi connectivity index (χ2n) is 5.11. The van der Waals surface area contributed by atoms with E-state index in [0.29, 0.717) is 12.1 Å². The molecule has 3 rings (SSSR count). The van der Waals surface area contributed by atoms with Crippen molar-refractivity contribution in [3.8, 4) is 0 Å². The molecule has 19 heavy (non-hydrogen) atoms. The number of pyridine rings is 1. The maximum atomic E-state index is 11.4. The summed E-state index contributed by atoms with van der Waals surface area (Å²) in [6.07, 6.45) is 3.24. The van der Waals surface area contributed by atoms with E-state index in [-0.39, 0.29) is 5.56 Å². The summed E-state index contributed by atoms with van der Waals surface area (Å²) < 4.78 is 0. The molecule has 0 radical (unpaired) electrons. The van der Waals surface area contributed by atoms with Crippen molar-refractivity contribution in [1.29, 1.82) is 0 Å². The van der Waals surface area contributed by atoms with Crippen molar-refractivity contribution in [3.05, 3.63) is 56.1 Å². The SMILES string of the molecule is CC(NC1CCCc2[nH]c(=O)ccc21)c1cccs1. The van der Waals surface area contributed by atoms with Crippen molar-refractivity contribution in [3.63, 3.8) is 0 Å². The molecule has 0 saturated carbocycles. The van der Waals surface area contributed by atoms with Gasteiger partial charge in [-0.3, -0.25) is 4.79 Å². The van der Waals surface area contributed by atoms with Gasteiger partial charge >= 0.3 is 0 Å². The minimum absolute atomic E-state index is 0.00528. The van der Waals surface area contributed by atoms with Gasteiger partial charge in [0.15, 0.2) is 0 Å². The minimum atomic E-state index is 0.00528. The summed E-state index contributed by atoms with van der Waals surface area (Å²) in [7, 11) is 0. The third-order valence-corrected chi connectivity index (χ3v) is 4.81. The van der Waals surface area contributed by atoms with E-state index in [1.165, 1.54) is 10.4 Å². The average Bonchev–Trinajstić information content (AvgIpc) is 2.92. The normalized spacial score (nSPS) is 19.9. The molecule has 1 aliphatic rings. The fourth-order valence-corrected chi connectivity index (χ4v) is 3.54. The van der Waals surface area contributed by atoms with Crippen LogP contribution in [0.4, 0.5) is 0 Å². The molecule has 100 valence electrons. The summed E-state index contributed by atoms with van der Waals surface area (Å²) in [5.74, 6) is 0. The van der Waals surface area contributed by atoms with Crippen molar-refractivity contribution in [2.24, 2.45) is 0 Å². The van der Waals surface area contributed by atoms with Gasteiger partial charge in [0.2, 0.25) is 5.56 Å². The zero-order valence-corrected chi connectivity index (χ0v) is 11.8. The van der Waals surface area contributed by atoms with Gasteiger partial charge < -0.3 is 10.3 Å². The molecule has 0 spiro atoms. The minimum Gasteiger partial charge on any atom is -0.326 e. The molecular formula is C15H18N2OS. The molecule has 0 aromatic carbocycles. The summed E-state index contributed by atoms with van der Waals surface area (Å²) in [6, 6.07) is 8.56. The number of aromatic nitrogens is 1. The van der Waals surface area contributed by atoms with E-state index in [1.54, 1.807) is 17.4 Å². The summed E-state index contributed by atoms with van der Waals surface area (Å²) in [5.41, 5.74) is 2.37. The molecule has 0 saturated heterocycles. The summed E-state index contributed by atoms with van der Waals surface area (Å²) in [5, 5.41) is 5.80. The Hall–Kier alpha value is -1.39. The third-order valence-electron chi connectivity index (χ3n) is 3.75. The Labute approximate surface area is 116 Å². The fraction of sp³-hybridized carbons (Fsp3) is 0.400. The van der Waals surface area contributed by atoms with Crippen LogP contribution in [0.2, 0.25) is 0 Å². The monoisotopic (exact) mass is 274 g/mol. The molecule has 2 heterocycles. The van der Waals surface area contributed by atoms with Gasteiger partial charge in [-0.05, 0) is 43.2 Å². The van der Waals surface area contributed by atoms with Gasteiger partial charge in [-0.2, -0.15) is 0 Å². The molecule has 3 nitrogen and oxygen atoms in total. The first kappa shape index (κ1) is 12.6.